The van der Waals surface area contributed by atoms with Crippen LogP contribution in [0.3, 0.4) is 0 Å². The molecule has 16 heteroatoms. The lowest BCUT2D eigenvalue weighted by Gasteiger charge is -2.14. The molecule has 6 nitrogen and oxygen atoms in total. The molecule has 212 valence electrons. The van der Waals surface area contributed by atoms with Crippen molar-refractivity contribution in [1.82, 2.24) is 0 Å². The van der Waals surface area contributed by atoms with Crippen molar-refractivity contribution in [3.05, 3.63) is 89.5 Å². The molecule has 0 radical (unpaired) electrons. The van der Waals surface area contributed by atoms with Crippen LogP contribution in [0.2, 0.25) is 0 Å². The Labute approximate surface area is 214 Å². The van der Waals surface area contributed by atoms with Crippen molar-refractivity contribution in [3.8, 4) is 17.2 Å². The Bertz CT molecular complexity index is 1340. The molecule has 0 atom stereocenters. The first kappa shape index (κ1) is 31.3. The van der Waals surface area contributed by atoms with Gasteiger partial charge in [-0.25, -0.2) is 4.79 Å². The van der Waals surface area contributed by atoms with Gasteiger partial charge in [-0.3, -0.25) is 0 Å². The summed E-state index contributed by atoms with van der Waals surface area (Å²) in [7, 11) is -3.96. The summed E-state index contributed by atoms with van der Waals surface area (Å²) in [5.74, 6) is -2.47. The molecule has 0 bridgehead atoms. The van der Waals surface area contributed by atoms with Gasteiger partial charge in [-0.05, 0) is 36.4 Å². The molecule has 3 rings (SSSR count). The number of rotatable bonds is 4. The number of hydrogen-bond donors (Lipinski definition) is 0. The van der Waals surface area contributed by atoms with Gasteiger partial charge >= 0.3 is 34.8 Å². The standard InChI is InChI=1S/C15H8F6O3.C8H7F3O3S/c16-14(17,18)9-5-1-3-7-11(9)23-13(22)24-12-8-4-2-6-10(12)15(19,20)21;1-15(12,13)14-7-5-3-2-4-6(7)8(9,10)11/h1-8H;2-5H,1H3. The van der Waals surface area contributed by atoms with Crippen LogP contribution in [-0.2, 0) is 28.6 Å². The van der Waals surface area contributed by atoms with Crippen LogP contribution in [0.4, 0.5) is 44.3 Å². The van der Waals surface area contributed by atoms with Crippen molar-refractivity contribution in [2.75, 3.05) is 6.26 Å². The zero-order valence-corrected chi connectivity index (χ0v) is 20.0. The molecule has 0 spiro atoms. The Morgan fingerprint density at radius 1 is 0.564 bits per heavy atom. The molecule has 0 aromatic heterocycles. The second-order valence-corrected chi connectivity index (χ2v) is 8.80. The number of ether oxygens (including phenoxy) is 2. The van der Waals surface area contributed by atoms with Gasteiger partial charge in [0.2, 0.25) is 0 Å². The van der Waals surface area contributed by atoms with E-state index in [1.165, 1.54) is 18.2 Å². The van der Waals surface area contributed by atoms with Gasteiger partial charge < -0.3 is 13.7 Å². The van der Waals surface area contributed by atoms with Crippen LogP contribution in [0.25, 0.3) is 0 Å². The summed E-state index contributed by atoms with van der Waals surface area (Å²) in [5.41, 5.74) is -3.63. The van der Waals surface area contributed by atoms with E-state index in [-0.39, 0.29) is 0 Å². The topological polar surface area (TPSA) is 78.9 Å². The van der Waals surface area contributed by atoms with Gasteiger partial charge in [-0.15, -0.1) is 0 Å². The summed E-state index contributed by atoms with van der Waals surface area (Å²) >= 11 is 0. The van der Waals surface area contributed by atoms with E-state index in [4.69, 9.17) is 0 Å². The molecule has 0 saturated carbocycles. The fourth-order valence-corrected chi connectivity index (χ4v) is 3.19. The van der Waals surface area contributed by atoms with Gasteiger partial charge in [0.15, 0.2) is 5.75 Å². The molecular formula is C23H15F9O6S. The first-order valence-electron chi connectivity index (χ1n) is 10.1. The molecular weight excluding hydrogens is 575 g/mol. The van der Waals surface area contributed by atoms with Crippen molar-refractivity contribution in [2.24, 2.45) is 0 Å². The number of hydrogen-bond acceptors (Lipinski definition) is 6. The van der Waals surface area contributed by atoms with E-state index in [0.717, 1.165) is 42.5 Å². The molecule has 0 N–H and O–H groups in total. The smallest absolute Gasteiger partial charge is 0.394 e. The van der Waals surface area contributed by atoms with Crippen molar-refractivity contribution in [1.29, 1.82) is 0 Å². The normalized spacial score (nSPS) is 12.2. The number of benzene rings is 3. The Morgan fingerprint density at radius 2 is 0.846 bits per heavy atom. The predicted molar refractivity (Wildman–Crippen MR) is 116 cm³/mol. The minimum atomic E-state index is -4.80. The van der Waals surface area contributed by atoms with Crippen LogP contribution in [-0.4, -0.2) is 20.8 Å². The highest BCUT2D eigenvalue weighted by Crippen LogP contribution is 2.38. The lowest BCUT2D eigenvalue weighted by Crippen LogP contribution is -2.19. The van der Waals surface area contributed by atoms with E-state index in [1.54, 1.807) is 0 Å². The molecule has 39 heavy (non-hydrogen) atoms. The predicted octanol–water partition coefficient (Wildman–Crippen LogP) is 7.35. The fraction of sp³-hybridized carbons (Fsp3) is 0.174. The summed E-state index contributed by atoms with van der Waals surface area (Å²) in [5, 5.41) is 0. The lowest BCUT2D eigenvalue weighted by atomic mass is 10.2. The molecule has 0 aliphatic rings. The van der Waals surface area contributed by atoms with E-state index >= 15 is 0 Å². The van der Waals surface area contributed by atoms with Crippen LogP contribution < -0.4 is 13.7 Å². The van der Waals surface area contributed by atoms with Crippen LogP contribution in [0.5, 0.6) is 17.2 Å². The molecule has 0 amide bonds. The van der Waals surface area contributed by atoms with Gasteiger partial charge in [-0.1, -0.05) is 36.4 Å². The number of carbonyl (C=O) groups is 1. The monoisotopic (exact) mass is 590 g/mol. The molecule has 0 heterocycles. The Hall–Kier alpha value is -3.95. The van der Waals surface area contributed by atoms with Gasteiger partial charge in [0.25, 0.3) is 0 Å². The van der Waals surface area contributed by atoms with Crippen molar-refractivity contribution in [3.63, 3.8) is 0 Å². The molecule has 0 unspecified atom stereocenters. The van der Waals surface area contributed by atoms with E-state index in [0.29, 0.717) is 18.4 Å². The molecule has 0 fully saturated rings. The highest BCUT2D eigenvalue weighted by atomic mass is 32.2. The minimum Gasteiger partial charge on any atom is -0.394 e. The zero-order valence-electron chi connectivity index (χ0n) is 19.2. The van der Waals surface area contributed by atoms with Gasteiger partial charge in [0.05, 0.1) is 22.9 Å². The number of alkyl halides is 9. The Morgan fingerprint density at radius 3 is 1.15 bits per heavy atom. The Kier molecular flexibility index (Phi) is 9.49. The van der Waals surface area contributed by atoms with E-state index in [9.17, 15) is 52.7 Å². The summed E-state index contributed by atoms with van der Waals surface area (Å²) < 4.78 is 148. The quantitative estimate of drug-likeness (QED) is 0.137. The third-order valence-corrected chi connectivity index (χ3v) is 4.69. The summed E-state index contributed by atoms with van der Waals surface area (Å²) in [6, 6.07) is 11.6. The first-order chi connectivity index (χ1) is 17.8. The minimum absolute atomic E-state index is 0.659. The number of halogens is 9. The van der Waals surface area contributed by atoms with Crippen molar-refractivity contribution in [2.45, 2.75) is 18.5 Å². The Balaban J connectivity index is 0.000000306. The molecule has 0 saturated heterocycles. The van der Waals surface area contributed by atoms with Crippen LogP contribution in [0.15, 0.2) is 72.8 Å². The van der Waals surface area contributed by atoms with Gasteiger partial charge in [0, 0.05) is 0 Å². The van der Waals surface area contributed by atoms with Crippen LogP contribution in [0.1, 0.15) is 16.7 Å². The van der Waals surface area contributed by atoms with E-state index in [1.807, 2.05) is 0 Å². The number of carbonyl (C=O) groups excluding carboxylic acids is 1. The maximum atomic E-state index is 12.8. The third-order valence-electron chi connectivity index (χ3n) is 4.21. The van der Waals surface area contributed by atoms with Crippen molar-refractivity contribution < 1.29 is 66.4 Å². The summed E-state index contributed by atoms with van der Waals surface area (Å²) in [6.45, 7) is 0. The van der Waals surface area contributed by atoms with Gasteiger partial charge in [0.1, 0.15) is 11.5 Å². The first-order valence-corrected chi connectivity index (χ1v) is 11.9. The highest BCUT2D eigenvalue weighted by Gasteiger charge is 2.37. The molecule has 0 aliphatic heterocycles. The van der Waals surface area contributed by atoms with Crippen LogP contribution >= 0.6 is 0 Å². The average molecular weight is 590 g/mol. The zero-order chi connectivity index (χ0) is 29.6. The summed E-state index contributed by atoms with van der Waals surface area (Å²) in [6.07, 6.45) is -15.3. The highest BCUT2D eigenvalue weighted by molar-refractivity contribution is 7.86. The lowest BCUT2D eigenvalue weighted by molar-refractivity contribution is -0.139. The van der Waals surface area contributed by atoms with Gasteiger partial charge in [-0.2, -0.15) is 47.9 Å². The average Bonchev–Trinajstić information content (AvgIpc) is 2.77. The molecule has 3 aromatic carbocycles. The third kappa shape index (κ3) is 9.70. The maximum absolute atomic E-state index is 12.8. The largest absolute Gasteiger partial charge is 0.519 e. The number of para-hydroxylation sites is 3. The maximum Gasteiger partial charge on any atom is 0.519 e. The second kappa shape index (κ2) is 11.8. The van der Waals surface area contributed by atoms with Crippen molar-refractivity contribution >= 4 is 16.3 Å². The van der Waals surface area contributed by atoms with E-state index in [2.05, 4.69) is 13.7 Å². The summed E-state index contributed by atoms with van der Waals surface area (Å²) in [4.78, 5) is 11.6. The van der Waals surface area contributed by atoms with E-state index < -0.39 is 68.7 Å². The van der Waals surface area contributed by atoms with Crippen LogP contribution in [0, 0.1) is 0 Å². The molecule has 3 aromatic rings. The molecule has 0 aliphatic carbocycles. The fourth-order valence-electron chi connectivity index (χ4n) is 2.72. The SMILES string of the molecule is CS(=O)(=O)Oc1ccccc1C(F)(F)F.O=C(Oc1ccccc1C(F)(F)F)Oc1ccccc1C(F)(F)F. The second-order valence-electron chi connectivity index (χ2n) is 7.22.